The Hall–Kier alpha value is -1.53. The molecule has 2 fully saturated rings. The predicted octanol–water partition coefficient (Wildman–Crippen LogP) is 1.73. The molecule has 2 aliphatic rings. The largest absolute Gasteiger partial charge is 0.468 e. The lowest BCUT2D eigenvalue weighted by Crippen LogP contribution is -2.49. The third kappa shape index (κ3) is 3.70. The van der Waals surface area contributed by atoms with Gasteiger partial charge in [-0.05, 0) is 31.5 Å². The third-order valence-electron chi connectivity index (χ3n) is 4.96. The summed E-state index contributed by atoms with van der Waals surface area (Å²) in [6.45, 7) is 4.13. The molecule has 0 saturated carbocycles. The zero-order valence-corrected chi connectivity index (χ0v) is 14.3. The average Bonchev–Trinajstić information content (AvgIpc) is 3.16. The Labute approximate surface area is 138 Å². The molecule has 0 spiro atoms. The molecule has 2 saturated heterocycles. The first-order valence-electron chi connectivity index (χ1n) is 8.33. The Bertz CT molecular complexity index is 517. The molecular formula is C17H27N3O3. The molecule has 0 aliphatic carbocycles. The number of urea groups is 1. The summed E-state index contributed by atoms with van der Waals surface area (Å²) < 4.78 is 11.5. The molecule has 2 amide bonds. The Morgan fingerprint density at radius 2 is 2.22 bits per heavy atom. The van der Waals surface area contributed by atoms with Gasteiger partial charge in [0.1, 0.15) is 5.76 Å². The number of hydrogen-bond acceptors (Lipinski definition) is 4. The maximum atomic E-state index is 12.2. The van der Waals surface area contributed by atoms with Gasteiger partial charge in [-0.1, -0.05) is 0 Å². The number of carbonyl (C=O) groups is 1. The highest BCUT2D eigenvalue weighted by Crippen LogP contribution is 2.34. The number of likely N-dealkylation sites (tertiary alicyclic amines) is 1. The second-order valence-electron chi connectivity index (χ2n) is 6.98. The number of nitrogens with zero attached hydrogens (tertiary/aromatic N) is 3. The van der Waals surface area contributed by atoms with Gasteiger partial charge >= 0.3 is 6.03 Å². The van der Waals surface area contributed by atoms with Crippen molar-refractivity contribution in [2.24, 2.45) is 11.8 Å². The van der Waals surface area contributed by atoms with Gasteiger partial charge in [0, 0.05) is 39.6 Å². The first kappa shape index (κ1) is 16.3. The summed E-state index contributed by atoms with van der Waals surface area (Å²) in [5, 5.41) is 0. The number of ether oxygens (including phenoxy) is 1. The van der Waals surface area contributed by atoms with Crippen molar-refractivity contribution in [1.82, 2.24) is 14.7 Å². The van der Waals surface area contributed by atoms with E-state index in [1.807, 2.05) is 31.1 Å². The van der Waals surface area contributed by atoms with Crippen molar-refractivity contribution in [3.8, 4) is 0 Å². The van der Waals surface area contributed by atoms with E-state index in [2.05, 4.69) is 11.9 Å². The molecule has 0 bridgehead atoms. The first-order chi connectivity index (χ1) is 11.0. The minimum atomic E-state index is 0.109. The van der Waals surface area contributed by atoms with E-state index in [9.17, 15) is 4.79 Å². The van der Waals surface area contributed by atoms with Crippen LogP contribution in [-0.2, 0) is 11.3 Å². The Morgan fingerprint density at radius 1 is 1.39 bits per heavy atom. The number of likely N-dealkylation sites (N-methyl/N-ethyl adjacent to an activating group) is 1. The van der Waals surface area contributed by atoms with Gasteiger partial charge in [0.25, 0.3) is 0 Å². The number of carbonyl (C=O) groups excluding carboxylic acids is 1. The number of fused-ring (bicyclic) bond motifs is 1. The Morgan fingerprint density at radius 3 is 2.91 bits per heavy atom. The average molecular weight is 321 g/mol. The lowest BCUT2D eigenvalue weighted by molar-refractivity contribution is 0.0496. The molecule has 0 radical (unpaired) electrons. The molecular weight excluding hydrogens is 294 g/mol. The van der Waals surface area contributed by atoms with Crippen molar-refractivity contribution in [3.05, 3.63) is 24.2 Å². The highest BCUT2D eigenvalue weighted by Gasteiger charge is 2.42. The highest BCUT2D eigenvalue weighted by atomic mass is 16.5. The molecule has 0 N–H and O–H groups in total. The lowest BCUT2D eigenvalue weighted by atomic mass is 9.84. The van der Waals surface area contributed by atoms with Crippen LogP contribution in [0.5, 0.6) is 0 Å². The molecule has 128 valence electrons. The van der Waals surface area contributed by atoms with E-state index in [1.165, 1.54) is 0 Å². The fourth-order valence-electron chi connectivity index (χ4n) is 3.71. The van der Waals surface area contributed by atoms with Crippen LogP contribution in [0.3, 0.4) is 0 Å². The van der Waals surface area contributed by atoms with E-state index in [0.717, 1.165) is 45.0 Å². The van der Waals surface area contributed by atoms with E-state index in [1.54, 1.807) is 11.2 Å². The van der Waals surface area contributed by atoms with Crippen LogP contribution in [0, 0.1) is 11.8 Å². The molecule has 6 nitrogen and oxygen atoms in total. The van der Waals surface area contributed by atoms with Gasteiger partial charge in [-0.25, -0.2) is 4.79 Å². The summed E-state index contributed by atoms with van der Waals surface area (Å²) >= 11 is 0. The minimum Gasteiger partial charge on any atom is -0.468 e. The zero-order chi connectivity index (χ0) is 16.4. The summed E-state index contributed by atoms with van der Waals surface area (Å²) in [7, 11) is 5.72. The van der Waals surface area contributed by atoms with Crippen LogP contribution in [0.2, 0.25) is 0 Å². The number of furan rings is 1. The van der Waals surface area contributed by atoms with E-state index in [4.69, 9.17) is 9.15 Å². The summed E-state index contributed by atoms with van der Waals surface area (Å²) in [6, 6.07) is 4.02. The Balaban J connectivity index is 1.57. The summed E-state index contributed by atoms with van der Waals surface area (Å²) in [5.74, 6) is 1.99. The van der Waals surface area contributed by atoms with E-state index in [0.29, 0.717) is 11.8 Å². The van der Waals surface area contributed by atoms with E-state index in [-0.39, 0.29) is 12.1 Å². The second-order valence-corrected chi connectivity index (χ2v) is 6.98. The first-order valence-corrected chi connectivity index (χ1v) is 8.33. The van der Waals surface area contributed by atoms with Crippen LogP contribution < -0.4 is 0 Å². The molecule has 3 heterocycles. The highest BCUT2D eigenvalue weighted by molar-refractivity contribution is 5.73. The summed E-state index contributed by atoms with van der Waals surface area (Å²) in [4.78, 5) is 18.1. The number of piperidine rings is 1. The quantitative estimate of drug-likeness (QED) is 0.847. The van der Waals surface area contributed by atoms with Crippen LogP contribution in [0.25, 0.3) is 0 Å². The zero-order valence-electron chi connectivity index (χ0n) is 14.3. The van der Waals surface area contributed by atoms with Crippen LogP contribution in [0.4, 0.5) is 4.79 Å². The smallest absolute Gasteiger partial charge is 0.319 e. The molecule has 3 atom stereocenters. The molecule has 3 rings (SSSR count). The summed E-state index contributed by atoms with van der Waals surface area (Å²) in [5.41, 5.74) is 0. The number of amides is 2. The van der Waals surface area contributed by atoms with Crippen molar-refractivity contribution in [2.45, 2.75) is 19.1 Å². The van der Waals surface area contributed by atoms with Gasteiger partial charge in [0.2, 0.25) is 0 Å². The van der Waals surface area contributed by atoms with Gasteiger partial charge in [0.15, 0.2) is 0 Å². The minimum absolute atomic E-state index is 0.109. The van der Waals surface area contributed by atoms with Crippen LogP contribution in [0.15, 0.2) is 22.8 Å². The van der Waals surface area contributed by atoms with Crippen LogP contribution in [0.1, 0.15) is 12.2 Å². The standard InChI is InChI=1S/C17H27N3O3/c1-18(2)17(21)20-7-6-13-12-23-16(15(13)10-20)11-19(3)9-14-5-4-8-22-14/h4-5,8,13,15-16H,6-7,9-12H2,1-3H3/t13-,15-,16+/m1/s1. The SMILES string of the molecule is CN(Cc1ccco1)C[C@@H]1OC[C@H]2CCN(C(=O)N(C)C)C[C@H]21. The number of hydrogen-bond donors (Lipinski definition) is 0. The fourth-order valence-corrected chi connectivity index (χ4v) is 3.71. The maximum absolute atomic E-state index is 12.2. The summed E-state index contributed by atoms with van der Waals surface area (Å²) in [6.07, 6.45) is 2.94. The monoisotopic (exact) mass is 321 g/mol. The van der Waals surface area contributed by atoms with Crippen molar-refractivity contribution in [1.29, 1.82) is 0 Å². The van der Waals surface area contributed by atoms with Crippen molar-refractivity contribution >= 4 is 6.03 Å². The van der Waals surface area contributed by atoms with Gasteiger partial charge < -0.3 is 19.0 Å². The molecule has 0 unspecified atom stereocenters. The molecule has 1 aromatic heterocycles. The normalized spacial score (nSPS) is 27.3. The van der Waals surface area contributed by atoms with Gasteiger partial charge in [0.05, 0.1) is 25.5 Å². The van der Waals surface area contributed by atoms with Crippen molar-refractivity contribution in [2.75, 3.05) is 47.4 Å². The van der Waals surface area contributed by atoms with Gasteiger partial charge in [-0.3, -0.25) is 4.90 Å². The molecule has 2 aliphatic heterocycles. The van der Waals surface area contributed by atoms with E-state index < -0.39 is 0 Å². The van der Waals surface area contributed by atoms with Crippen molar-refractivity contribution in [3.63, 3.8) is 0 Å². The lowest BCUT2D eigenvalue weighted by Gasteiger charge is -2.37. The van der Waals surface area contributed by atoms with Crippen LogP contribution >= 0.6 is 0 Å². The molecule has 23 heavy (non-hydrogen) atoms. The topological polar surface area (TPSA) is 49.2 Å². The van der Waals surface area contributed by atoms with Gasteiger partial charge in [-0.15, -0.1) is 0 Å². The third-order valence-corrected chi connectivity index (χ3v) is 4.96. The molecule has 1 aromatic rings. The van der Waals surface area contributed by atoms with Gasteiger partial charge in [-0.2, -0.15) is 0 Å². The molecule has 0 aromatic carbocycles. The maximum Gasteiger partial charge on any atom is 0.319 e. The van der Waals surface area contributed by atoms with Crippen molar-refractivity contribution < 1.29 is 13.9 Å². The second kappa shape index (κ2) is 6.93. The Kier molecular flexibility index (Phi) is 4.92. The predicted molar refractivity (Wildman–Crippen MR) is 87.0 cm³/mol. The van der Waals surface area contributed by atoms with E-state index >= 15 is 0 Å². The van der Waals surface area contributed by atoms with Crippen LogP contribution in [-0.4, -0.2) is 74.2 Å². The number of rotatable bonds is 4. The molecule has 6 heteroatoms. The fraction of sp³-hybridized carbons (Fsp3) is 0.706.